The van der Waals surface area contributed by atoms with E-state index in [-0.39, 0.29) is 17.4 Å². The Hall–Kier alpha value is -0.610. The quantitative estimate of drug-likeness (QED) is 0.843. The number of carbonyl (C=O) groups is 1. The van der Waals surface area contributed by atoms with Gasteiger partial charge >= 0.3 is 0 Å². The molecule has 2 aliphatic carbocycles. The molecule has 2 N–H and O–H groups in total. The van der Waals surface area contributed by atoms with Crippen molar-refractivity contribution >= 4 is 5.91 Å². The summed E-state index contributed by atoms with van der Waals surface area (Å²) < 4.78 is 5.71. The number of ether oxygens (including phenoxy) is 1. The summed E-state index contributed by atoms with van der Waals surface area (Å²) in [4.78, 5) is 14.9. The lowest BCUT2D eigenvalue weighted by molar-refractivity contribution is -0.180. The van der Waals surface area contributed by atoms with Gasteiger partial charge in [-0.3, -0.25) is 4.79 Å². The number of piperidine rings is 1. The summed E-state index contributed by atoms with van der Waals surface area (Å²) in [5.41, 5.74) is 5.50. The predicted molar refractivity (Wildman–Crippen MR) is 73.6 cm³/mol. The van der Waals surface area contributed by atoms with E-state index in [2.05, 4.69) is 18.7 Å². The van der Waals surface area contributed by atoms with Gasteiger partial charge in [0, 0.05) is 31.0 Å². The lowest BCUT2D eigenvalue weighted by atomic mass is 9.54. The predicted octanol–water partition coefficient (Wildman–Crippen LogP) is 1.53. The molecule has 0 aromatic heterocycles. The second-order valence-electron chi connectivity index (χ2n) is 7.13. The third-order valence-electron chi connectivity index (χ3n) is 5.88. The zero-order valence-electron chi connectivity index (χ0n) is 12.3. The molecule has 1 saturated heterocycles. The average Bonchev–Trinajstić information content (AvgIpc) is 2.99. The molecule has 4 nitrogen and oxygen atoms in total. The van der Waals surface area contributed by atoms with Gasteiger partial charge in [0.05, 0.1) is 6.10 Å². The third-order valence-corrected chi connectivity index (χ3v) is 5.88. The number of hydrogen-bond acceptors (Lipinski definition) is 3. The summed E-state index contributed by atoms with van der Waals surface area (Å²) in [6.45, 7) is 7.75. The molecule has 2 bridgehead atoms. The fourth-order valence-electron chi connectivity index (χ4n) is 4.23. The minimum atomic E-state index is -0.725. The highest BCUT2D eigenvalue weighted by Gasteiger charge is 2.64. The summed E-state index contributed by atoms with van der Waals surface area (Å²) in [6.07, 6.45) is 4.43. The van der Waals surface area contributed by atoms with Gasteiger partial charge in [-0.25, -0.2) is 0 Å². The highest BCUT2D eigenvalue weighted by Crippen LogP contribution is 2.52. The van der Waals surface area contributed by atoms with Crippen molar-refractivity contribution < 1.29 is 9.53 Å². The van der Waals surface area contributed by atoms with E-state index in [0.717, 1.165) is 12.5 Å². The van der Waals surface area contributed by atoms with Crippen molar-refractivity contribution in [2.75, 3.05) is 13.2 Å². The maximum absolute atomic E-state index is 12.9. The van der Waals surface area contributed by atoms with Gasteiger partial charge in [0.2, 0.25) is 5.91 Å². The topological polar surface area (TPSA) is 55.6 Å². The molecule has 4 atom stereocenters. The van der Waals surface area contributed by atoms with E-state index >= 15 is 0 Å². The van der Waals surface area contributed by atoms with Crippen LogP contribution in [-0.4, -0.2) is 41.6 Å². The summed E-state index contributed by atoms with van der Waals surface area (Å²) in [6, 6.07) is 0.458. The Kier molecular flexibility index (Phi) is 2.95. The molecule has 0 spiro atoms. The first-order valence-electron chi connectivity index (χ1n) is 7.61. The number of fused-ring (bicyclic) bond motifs is 2. The highest BCUT2D eigenvalue weighted by atomic mass is 16.5. The summed E-state index contributed by atoms with van der Waals surface area (Å²) in [5.74, 6) is 0.893. The first-order chi connectivity index (χ1) is 8.90. The van der Waals surface area contributed by atoms with E-state index in [1.54, 1.807) is 0 Å². The van der Waals surface area contributed by atoms with Crippen LogP contribution in [0.3, 0.4) is 0 Å². The van der Waals surface area contributed by atoms with Crippen LogP contribution < -0.4 is 5.73 Å². The largest absolute Gasteiger partial charge is 0.378 e. The third kappa shape index (κ3) is 1.69. The zero-order valence-corrected chi connectivity index (χ0v) is 12.3. The molecule has 19 heavy (non-hydrogen) atoms. The normalized spacial score (nSPS) is 43.4. The fraction of sp³-hybridized carbons (Fsp3) is 0.933. The van der Waals surface area contributed by atoms with Crippen LogP contribution in [0, 0.1) is 11.3 Å². The molecule has 3 aliphatic rings. The average molecular weight is 266 g/mol. The van der Waals surface area contributed by atoms with E-state index in [1.165, 1.54) is 19.3 Å². The first-order valence-corrected chi connectivity index (χ1v) is 7.61. The molecule has 1 heterocycles. The molecule has 2 saturated carbocycles. The Balaban J connectivity index is 1.74. The monoisotopic (exact) mass is 266 g/mol. The lowest BCUT2D eigenvalue weighted by Crippen LogP contribution is -2.76. The van der Waals surface area contributed by atoms with Gasteiger partial charge in [-0.05, 0) is 32.1 Å². The van der Waals surface area contributed by atoms with E-state index in [9.17, 15) is 4.79 Å². The van der Waals surface area contributed by atoms with Crippen molar-refractivity contribution in [1.29, 1.82) is 0 Å². The second-order valence-corrected chi connectivity index (χ2v) is 7.13. The number of nitrogens with two attached hydrogens (primary N) is 1. The second kappa shape index (κ2) is 4.19. The molecule has 3 rings (SSSR count). The molecule has 1 amide bonds. The van der Waals surface area contributed by atoms with Crippen molar-refractivity contribution in [2.45, 2.75) is 64.1 Å². The Morgan fingerprint density at radius 3 is 2.63 bits per heavy atom. The minimum Gasteiger partial charge on any atom is -0.378 e. The molecule has 1 aliphatic heterocycles. The summed E-state index contributed by atoms with van der Waals surface area (Å²) in [5, 5.41) is 0. The molecule has 4 unspecified atom stereocenters. The smallest absolute Gasteiger partial charge is 0.243 e. The van der Waals surface area contributed by atoms with Crippen LogP contribution in [0.15, 0.2) is 0 Å². The minimum absolute atomic E-state index is 0.117. The highest BCUT2D eigenvalue weighted by molar-refractivity contribution is 5.89. The van der Waals surface area contributed by atoms with Gasteiger partial charge in [0.15, 0.2) is 0 Å². The van der Waals surface area contributed by atoms with Crippen molar-refractivity contribution in [3.05, 3.63) is 0 Å². The number of rotatable bonds is 3. The zero-order chi connectivity index (χ0) is 13.8. The molecule has 0 aromatic carbocycles. The van der Waals surface area contributed by atoms with Crippen LogP contribution in [0.5, 0.6) is 0 Å². The standard InChI is InChI=1S/C15H26N2O2/c1-4-19-12-8-15(16,14(12,2)3)13(18)17-9-10-5-6-11(17)7-10/h10-12H,4-9,16H2,1-3H3. The molecular weight excluding hydrogens is 240 g/mol. The van der Waals surface area contributed by atoms with Gasteiger partial charge in [0.1, 0.15) is 5.54 Å². The van der Waals surface area contributed by atoms with Gasteiger partial charge in [-0.1, -0.05) is 13.8 Å². The van der Waals surface area contributed by atoms with Gasteiger partial charge in [-0.2, -0.15) is 0 Å². The van der Waals surface area contributed by atoms with Gasteiger partial charge < -0.3 is 15.4 Å². The SMILES string of the molecule is CCOC1CC(N)(C(=O)N2CC3CCC2C3)C1(C)C. The Labute approximate surface area is 115 Å². The van der Waals surface area contributed by atoms with Crippen molar-refractivity contribution in [2.24, 2.45) is 17.1 Å². The maximum atomic E-state index is 12.9. The van der Waals surface area contributed by atoms with Gasteiger partial charge in [0.25, 0.3) is 0 Å². The van der Waals surface area contributed by atoms with Crippen LogP contribution in [-0.2, 0) is 9.53 Å². The van der Waals surface area contributed by atoms with Gasteiger partial charge in [-0.15, -0.1) is 0 Å². The Bertz CT molecular complexity index is 396. The molecule has 0 radical (unpaired) electrons. The van der Waals surface area contributed by atoms with Crippen molar-refractivity contribution in [3.63, 3.8) is 0 Å². The molecule has 3 fully saturated rings. The number of amides is 1. The van der Waals surface area contributed by atoms with Crippen molar-refractivity contribution in [1.82, 2.24) is 4.90 Å². The maximum Gasteiger partial charge on any atom is 0.243 e. The number of nitrogens with zero attached hydrogens (tertiary/aromatic N) is 1. The van der Waals surface area contributed by atoms with Crippen molar-refractivity contribution in [3.8, 4) is 0 Å². The molecule has 108 valence electrons. The van der Waals surface area contributed by atoms with Crippen LogP contribution in [0.4, 0.5) is 0 Å². The molecule has 0 aromatic rings. The van der Waals surface area contributed by atoms with Crippen LogP contribution in [0.2, 0.25) is 0 Å². The molecule has 4 heteroatoms. The van der Waals surface area contributed by atoms with Crippen LogP contribution in [0.25, 0.3) is 0 Å². The van der Waals surface area contributed by atoms with E-state index < -0.39 is 5.54 Å². The Morgan fingerprint density at radius 2 is 2.16 bits per heavy atom. The lowest BCUT2D eigenvalue weighted by Gasteiger charge is -2.59. The summed E-state index contributed by atoms with van der Waals surface area (Å²) in [7, 11) is 0. The van der Waals surface area contributed by atoms with Crippen LogP contribution in [0.1, 0.15) is 46.5 Å². The van der Waals surface area contributed by atoms with E-state index in [1.807, 2.05) is 6.92 Å². The van der Waals surface area contributed by atoms with E-state index in [0.29, 0.717) is 19.1 Å². The Morgan fingerprint density at radius 1 is 1.42 bits per heavy atom. The first kappa shape index (κ1) is 13.4. The number of likely N-dealkylation sites (tertiary alicyclic amines) is 1. The summed E-state index contributed by atoms with van der Waals surface area (Å²) >= 11 is 0. The van der Waals surface area contributed by atoms with E-state index in [4.69, 9.17) is 10.5 Å². The van der Waals surface area contributed by atoms with Crippen LogP contribution >= 0.6 is 0 Å². The number of hydrogen-bond donors (Lipinski definition) is 1. The number of carbonyl (C=O) groups excluding carboxylic acids is 1. The fourth-order valence-corrected chi connectivity index (χ4v) is 4.23. The molecular formula is C15H26N2O2.